The zero-order valence-electron chi connectivity index (χ0n) is 9.97. The first-order chi connectivity index (χ1) is 7.78. The van der Waals surface area contributed by atoms with E-state index in [9.17, 15) is 14.3 Å². The Balaban J connectivity index is 2.96. The molecule has 1 rings (SSSR count). The molecular weight excluding hydrogens is 221 g/mol. The van der Waals surface area contributed by atoms with Crippen LogP contribution >= 0.6 is 0 Å². The Kier molecular flexibility index (Phi) is 3.87. The van der Waals surface area contributed by atoms with E-state index in [1.165, 1.54) is 19.1 Å². The molecule has 0 saturated heterocycles. The van der Waals surface area contributed by atoms with Crippen LogP contribution in [0.1, 0.15) is 26.3 Å². The fraction of sp³-hybridized carbons (Fsp3) is 0.308. The van der Waals surface area contributed by atoms with Crippen molar-refractivity contribution in [1.29, 1.82) is 0 Å². The average molecular weight is 235 g/mol. The number of amides is 1. The van der Waals surface area contributed by atoms with Crippen LogP contribution in [0.25, 0.3) is 0 Å². The topological polar surface area (TPSA) is 49.3 Å². The number of anilines is 1. The predicted octanol–water partition coefficient (Wildman–Crippen LogP) is 1.91. The van der Waals surface area contributed by atoms with Crippen LogP contribution in [0.2, 0.25) is 0 Å². The van der Waals surface area contributed by atoms with Gasteiger partial charge < -0.3 is 10.4 Å². The number of hydrogen-bond donors (Lipinski definition) is 2. The number of aliphatic hydroxyl groups is 1. The monoisotopic (exact) mass is 235 g/mol. The molecule has 0 atom stereocenters. The predicted molar refractivity (Wildman–Crippen MR) is 63.9 cm³/mol. The SMILES string of the molecule is CC(=O)Nc1ccc(C#CC(C)(C)O)cc1F. The van der Waals surface area contributed by atoms with E-state index in [1.54, 1.807) is 19.9 Å². The van der Waals surface area contributed by atoms with Crippen LogP contribution in [0.4, 0.5) is 10.1 Å². The van der Waals surface area contributed by atoms with Gasteiger partial charge in [-0.25, -0.2) is 4.39 Å². The quantitative estimate of drug-likeness (QED) is 0.730. The van der Waals surface area contributed by atoms with Crippen LogP contribution in [0, 0.1) is 17.7 Å². The van der Waals surface area contributed by atoms with Gasteiger partial charge in [0.15, 0.2) is 0 Å². The van der Waals surface area contributed by atoms with Gasteiger partial charge in [0.05, 0.1) is 5.69 Å². The molecule has 0 fully saturated rings. The highest BCUT2D eigenvalue weighted by Crippen LogP contribution is 2.15. The molecule has 0 aliphatic carbocycles. The van der Waals surface area contributed by atoms with Crippen molar-refractivity contribution in [2.45, 2.75) is 26.4 Å². The lowest BCUT2D eigenvalue weighted by Crippen LogP contribution is -2.14. The van der Waals surface area contributed by atoms with Crippen LogP contribution in [-0.2, 0) is 4.79 Å². The summed E-state index contributed by atoms with van der Waals surface area (Å²) in [5, 5.41) is 11.8. The smallest absolute Gasteiger partial charge is 0.221 e. The number of carbonyl (C=O) groups is 1. The summed E-state index contributed by atoms with van der Waals surface area (Å²) >= 11 is 0. The molecule has 1 amide bonds. The first-order valence-electron chi connectivity index (χ1n) is 5.10. The second kappa shape index (κ2) is 4.98. The van der Waals surface area contributed by atoms with Crippen molar-refractivity contribution in [2.24, 2.45) is 0 Å². The molecule has 0 radical (unpaired) electrons. The third-order valence-corrected chi connectivity index (χ3v) is 1.79. The highest BCUT2D eigenvalue weighted by molar-refractivity contribution is 5.88. The van der Waals surface area contributed by atoms with Crippen LogP contribution in [0.5, 0.6) is 0 Å². The van der Waals surface area contributed by atoms with Gasteiger partial charge in [0, 0.05) is 12.5 Å². The van der Waals surface area contributed by atoms with E-state index >= 15 is 0 Å². The molecule has 0 unspecified atom stereocenters. The van der Waals surface area contributed by atoms with E-state index in [0.717, 1.165) is 0 Å². The van der Waals surface area contributed by atoms with Crippen molar-refractivity contribution in [3.05, 3.63) is 29.6 Å². The van der Waals surface area contributed by atoms with E-state index < -0.39 is 11.4 Å². The summed E-state index contributed by atoms with van der Waals surface area (Å²) in [5.74, 6) is 4.34. The molecule has 90 valence electrons. The highest BCUT2D eigenvalue weighted by atomic mass is 19.1. The van der Waals surface area contributed by atoms with Gasteiger partial charge in [-0.05, 0) is 32.0 Å². The lowest BCUT2D eigenvalue weighted by Gasteiger charge is -2.06. The normalized spacial score (nSPS) is 10.4. The summed E-state index contributed by atoms with van der Waals surface area (Å²) in [4.78, 5) is 10.8. The molecule has 4 heteroatoms. The summed E-state index contributed by atoms with van der Waals surface area (Å²) in [6.07, 6.45) is 0. The number of rotatable bonds is 1. The molecule has 0 aliphatic heterocycles. The minimum absolute atomic E-state index is 0.117. The van der Waals surface area contributed by atoms with Crippen LogP contribution in [0.3, 0.4) is 0 Å². The van der Waals surface area contributed by atoms with Gasteiger partial charge in [-0.1, -0.05) is 11.8 Å². The third kappa shape index (κ3) is 4.66. The van der Waals surface area contributed by atoms with Crippen molar-refractivity contribution in [3.63, 3.8) is 0 Å². The molecule has 3 nitrogen and oxygen atoms in total. The van der Waals surface area contributed by atoms with Crippen molar-refractivity contribution in [3.8, 4) is 11.8 Å². The van der Waals surface area contributed by atoms with Gasteiger partial charge in [0.1, 0.15) is 11.4 Å². The first kappa shape index (κ1) is 13.2. The Morgan fingerprint density at radius 3 is 2.59 bits per heavy atom. The fourth-order valence-corrected chi connectivity index (χ4v) is 1.11. The second-order valence-electron chi connectivity index (χ2n) is 4.18. The minimum atomic E-state index is -1.12. The van der Waals surface area contributed by atoms with Gasteiger partial charge in [-0.2, -0.15) is 0 Å². The number of benzene rings is 1. The van der Waals surface area contributed by atoms with E-state index in [0.29, 0.717) is 5.56 Å². The average Bonchev–Trinajstić information content (AvgIpc) is 2.17. The lowest BCUT2D eigenvalue weighted by atomic mass is 10.1. The summed E-state index contributed by atoms with van der Waals surface area (Å²) < 4.78 is 13.5. The van der Waals surface area contributed by atoms with Crippen LogP contribution in [0.15, 0.2) is 18.2 Å². The van der Waals surface area contributed by atoms with Gasteiger partial charge >= 0.3 is 0 Å². The van der Waals surface area contributed by atoms with Crippen LogP contribution in [-0.4, -0.2) is 16.6 Å². The fourth-order valence-electron chi connectivity index (χ4n) is 1.11. The van der Waals surface area contributed by atoms with E-state index in [1.807, 2.05) is 0 Å². The summed E-state index contributed by atoms with van der Waals surface area (Å²) in [6.45, 7) is 4.39. The zero-order valence-corrected chi connectivity index (χ0v) is 9.97. The summed E-state index contributed by atoms with van der Waals surface area (Å²) in [6, 6.07) is 4.22. The standard InChI is InChI=1S/C13H14FNO2/c1-9(16)15-12-5-4-10(8-11(12)14)6-7-13(2,3)17/h4-5,8,17H,1-3H3,(H,15,16). The Labute approximate surface area is 99.7 Å². The van der Waals surface area contributed by atoms with Crippen LogP contribution < -0.4 is 5.32 Å². The van der Waals surface area contributed by atoms with E-state index in [-0.39, 0.29) is 11.6 Å². The Morgan fingerprint density at radius 2 is 2.12 bits per heavy atom. The Morgan fingerprint density at radius 1 is 1.47 bits per heavy atom. The summed E-state index contributed by atoms with van der Waals surface area (Å²) in [7, 11) is 0. The van der Waals surface area contributed by atoms with Crippen molar-refractivity contribution in [1.82, 2.24) is 0 Å². The first-order valence-corrected chi connectivity index (χ1v) is 5.10. The molecule has 0 saturated carbocycles. The molecule has 1 aromatic rings. The molecule has 17 heavy (non-hydrogen) atoms. The third-order valence-electron chi connectivity index (χ3n) is 1.79. The number of carbonyl (C=O) groups excluding carboxylic acids is 1. The van der Waals surface area contributed by atoms with Gasteiger partial charge in [0.25, 0.3) is 0 Å². The Hall–Kier alpha value is -1.86. The van der Waals surface area contributed by atoms with Gasteiger partial charge in [0.2, 0.25) is 5.91 Å². The summed E-state index contributed by atoms with van der Waals surface area (Å²) in [5.41, 5.74) is -0.558. The molecule has 0 spiro atoms. The molecule has 0 aromatic heterocycles. The maximum absolute atomic E-state index is 13.5. The minimum Gasteiger partial charge on any atom is -0.378 e. The van der Waals surface area contributed by atoms with Crippen molar-refractivity contribution >= 4 is 11.6 Å². The highest BCUT2D eigenvalue weighted by Gasteiger charge is 2.07. The van der Waals surface area contributed by atoms with E-state index in [2.05, 4.69) is 17.2 Å². The maximum Gasteiger partial charge on any atom is 0.221 e. The molecule has 0 heterocycles. The largest absolute Gasteiger partial charge is 0.378 e. The van der Waals surface area contributed by atoms with Gasteiger partial charge in [-0.15, -0.1) is 0 Å². The second-order valence-corrected chi connectivity index (χ2v) is 4.18. The van der Waals surface area contributed by atoms with Crippen molar-refractivity contribution in [2.75, 3.05) is 5.32 Å². The van der Waals surface area contributed by atoms with E-state index in [4.69, 9.17) is 0 Å². The maximum atomic E-state index is 13.5. The number of hydrogen-bond acceptors (Lipinski definition) is 2. The number of halogens is 1. The molecule has 1 aromatic carbocycles. The molecular formula is C13H14FNO2. The molecule has 0 aliphatic rings. The number of nitrogens with one attached hydrogen (secondary N) is 1. The van der Waals surface area contributed by atoms with Gasteiger partial charge in [-0.3, -0.25) is 4.79 Å². The van der Waals surface area contributed by atoms with Crippen molar-refractivity contribution < 1.29 is 14.3 Å². The molecule has 0 bridgehead atoms. The lowest BCUT2D eigenvalue weighted by molar-refractivity contribution is -0.114. The Bertz CT molecular complexity index is 492. The molecule has 2 N–H and O–H groups in total. The zero-order chi connectivity index (χ0) is 13.1.